The van der Waals surface area contributed by atoms with E-state index in [0.29, 0.717) is 31.8 Å². The van der Waals surface area contributed by atoms with E-state index >= 15 is 0 Å². The topological polar surface area (TPSA) is 55.8 Å². The van der Waals surface area contributed by atoms with E-state index in [2.05, 4.69) is 6.58 Å². The number of methoxy groups -OCH3 is 1. The molecule has 0 fully saturated rings. The molecule has 0 aliphatic rings. The van der Waals surface area contributed by atoms with Crippen LogP contribution in [0, 0.1) is 0 Å². The Morgan fingerprint density at radius 1 is 1.32 bits per heavy atom. The molecule has 0 amide bonds. The molecule has 0 saturated heterocycles. The molecule has 19 heavy (non-hydrogen) atoms. The quantitative estimate of drug-likeness (QED) is 0.286. The van der Waals surface area contributed by atoms with Crippen molar-refractivity contribution < 1.29 is 19.4 Å². The van der Waals surface area contributed by atoms with Gasteiger partial charge >= 0.3 is 5.97 Å². The standard InChI is InChI=1S/C15H24O4/c1-5-6-8-12(2)14(15(16)17)13(3)11-19-10-7-9-18-4/h5,8H,1,6-7,9-11H2,2-4H3,(H,16,17)/b12-8-,14-13-. The molecule has 0 aromatic heterocycles. The molecule has 0 spiro atoms. The largest absolute Gasteiger partial charge is 0.478 e. The third-order valence-corrected chi connectivity index (χ3v) is 2.58. The van der Waals surface area contributed by atoms with Crippen LogP contribution in [0.4, 0.5) is 0 Å². The predicted molar refractivity (Wildman–Crippen MR) is 76.2 cm³/mol. The number of allylic oxidation sites excluding steroid dienone is 2. The normalized spacial score (nSPS) is 13.1. The average molecular weight is 268 g/mol. The molecule has 0 rings (SSSR count). The SMILES string of the molecule is C=CC/C=C(C)\C(C(=O)O)=C(/C)COCCCOC. The molecular weight excluding hydrogens is 244 g/mol. The lowest BCUT2D eigenvalue weighted by molar-refractivity contribution is -0.132. The summed E-state index contributed by atoms with van der Waals surface area (Å²) in [4.78, 5) is 11.3. The summed E-state index contributed by atoms with van der Waals surface area (Å²) in [7, 11) is 1.64. The molecule has 0 atom stereocenters. The Kier molecular flexibility index (Phi) is 9.75. The van der Waals surface area contributed by atoms with Gasteiger partial charge in [0.05, 0.1) is 12.2 Å². The van der Waals surface area contributed by atoms with Crippen molar-refractivity contribution in [2.75, 3.05) is 26.9 Å². The first kappa shape index (κ1) is 17.6. The van der Waals surface area contributed by atoms with Crippen LogP contribution in [-0.4, -0.2) is 38.0 Å². The third kappa shape index (κ3) is 7.59. The number of carboxylic acid groups (broad SMARTS) is 1. The maximum Gasteiger partial charge on any atom is 0.335 e. The Morgan fingerprint density at radius 2 is 2.00 bits per heavy atom. The molecule has 0 bridgehead atoms. The summed E-state index contributed by atoms with van der Waals surface area (Å²) in [5.74, 6) is -0.921. The Morgan fingerprint density at radius 3 is 2.53 bits per heavy atom. The lowest BCUT2D eigenvalue weighted by atomic mass is 10.0. The number of aliphatic carboxylic acids is 1. The second-order valence-corrected chi connectivity index (χ2v) is 4.27. The van der Waals surface area contributed by atoms with Crippen molar-refractivity contribution in [1.82, 2.24) is 0 Å². The predicted octanol–water partition coefficient (Wildman–Crippen LogP) is 2.96. The third-order valence-electron chi connectivity index (χ3n) is 2.58. The minimum atomic E-state index is -0.921. The van der Waals surface area contributed by atoms with Crippen LogP contribution in [0.1, 0.15) is 26.7 Å². The van der Waals surface area contributed by atoms with Crippen molar-refractivity contribution in [2.45, 2.75) is 26.7 Å². The first-order valence-electron chi connectivity index (χ1n) is 6.32. The lowest BCUT2D eigenvalue weighted by Gasteiger charge is -2.10. The van der Waals surface area contributed by atoms with E-state index in [4.69, 9.17) is 9.47 Å². The van der Waals surface area contributed by atoms with E-state index in [1.165, 1.54) is 0 Å². The van der Waals surface area contributed by atoms with Gasteiger partial charge in [-0.3, -0.25) is 0 Å². The fourth-order valence-corrected chi connectivity index (χ4v) is 1.65. The van der Waals surface area contributed by atoms with Gasteiger partial charge in [0, 0.05) is 20.3 Å². The van der Waals surface area contributed by atoms with Gasteiger partial charge in [-0.05, 0) is 37.8 Å². The summed E-state index contributed by atoms with van der Waals surface area (Å²) < 4.78 is 10.3. The summed E-state index contributed by atoms with van der Waals surface area (Å²) >= 11 is 0. The fourth-order valence-electron chi connectivity index (χ4n) is 1.65. The van der Waals surface area contributed by atoms with Crippen LogP contribution in [0.3, 0.4) is 0 Å². The highest BCUT2D eigenvalue weighted by molar-refractivity contribution is 5.92. The van der Waals surface area contributed by atoms with Gasteiger partial charge in [-0.1, -0.05) is 12.2 Å². The molecule has 0 aromatic carbocycles. The van der Waals surface area contributed by atoms with E-state index in [1.54, 1.807) is 27.0 Å². The van der Waals surface area contributed by atoms with Gasteiger partial charge in [-0.15, -0.1) is 6.58 Å². The van der Waals surface area contributed by atoms with Gasteiger partial charge < -0.3 is 14.6 Å². The van der Waals surface area contributed by atoms with Crippen molar-refractivity contribution in [3.63, 3.8) is 0 Å². The maximum absolute atomic E-state index is 11.3. The van der Waals surface area contributed by atoms with Gasteiger partial charge in [0.1, 0.15) is 0 Å². The van der Waals surface area contributed by atoms with Crippen LogP contribution in [0.5, 0.6) is 0 Å². The number of ether oxygens (including phenoxy) is 2. The van der Waals surface area contributed by atoms with Crippen LogP contribution in [0.25, 0.3) is 0 Å². The molecule has 0 heterocycles. The van der Waals surface area contributed by atoms with Crippen LogP contribution in [0.15, 0.2) is 35.5 Å². The van der Waals surface area contributed by atoms with Crippen molar-refractivity contribution >= 4 is 5.97 Å². The van der Waals surface area contributed by atoms with E-state index in [0.717, 1.165) is 17.6 Å². The molecule has 108 valence electrons. The van der Waals surface area contributed by atoms with E-state index < -0.39 is 5.97 Å². The van der Waals surface area contributed by atoms with Crippen molar-refractivity contribution in [3.8, 4) is 0 Å². The highest BCUT2D eigenvalue weighted by atomic mass is 16.5. The highest BCUT2D eigenvalue weighted by Gasteiger charge is 2.13. The van der Waals surface area contributed by atoms with Crippen LogP contribution in [0.2, 0.25) is 0 Å². The van der Waals surface area contributed by atoms with Crippen molar-refractivity contribution in [2.24, 2.45) is 0 Å². The molecule has 1 N–H and O–H groups in total. The number of rotatable bonds is 10. The van der Waals surface area contributed by atoms with Crippen LogP contribution in [-0.2, 0) is 14.3 Å². The first-order valence-corrected chi connectivity index (χ1v) is 6.32. The Hall–Kier alpha value is -1.39. The minimum absolute atomic E-state index is 0.324. The number of carboxylic acids is 1. The zero-order valence-corrected chi connectivity index (χ0v) is 12.1. The van der Waals surface area contributed by atoms with Crippen molar-refractivity contribution in [3.05, 3.63) is 35.5 Å². The summed E-state index contributed by atoms with van der Waals surface area (Å²) in [6, 6.07) is 0. The second-order valence-electron chi connectivity index (χ2n) is 4.27. The van der Waals surface area contributed by atoms with E-state index in [9.17, 15) is 9.90 Å². The monoisotopic (exact) mass is 268 g/mol. The fraction of sp³-hybridized carbons (Fsp3) is 0.533. The van der Waals surface area contributed by atoms with Crippen LogP contribution >= 0.6 is 0 Å². The lowest BCUT2D eigenvalue weighted by Crippen LogP contribution is -2.09. The zero-order chi connectivity index (χ0) is 14.7. The van der Waals surface area contributed by atoms with Gasteiger partial charge in [0.25, 0.3) is 0 Å². The van der Waals surface area contributed by atoms with Gasteiger partial charge in [-0.25, -0.2) is 4.79 Å². The number of hydrogen-bond acceptors (Lipinski definition) is 3. The molecule has 4 nitrogen and oxygen atoms in total. The Labute approximate surface area is 115 Å². The van der Waals surface area contributed by atoms with Crippen molar-refractivity contribution in [1.29, 1.82) is 0 Å². The molecular formula is C15H24O4. The molecule has 4 heteroatoms. The number of hydrogen-bond donors (Lipinski definition) is 1. The first-order chi connectivity index (χ1) is 9.04. The summed E-state index contributed by atoms with van der Waals surface area (Å²) in [5, 5.41) is 9.25. The zero-order valence-electron chi connectivity index (χ0n) is 12.1. The molecule has 0 saturated carbocycles. The Balaban J connectivity index is 4.60. The van der Waals surface area contributed by atoms with E-state index in [1.807, 2.05) is 6.08 Å². The van der Waals surface area contributed by atoms with Gasteiger partial charge in [0.15, 0.2) is 0 Å². The maximum atomic E-state index is 11.3. The smallest absolute Gasteiger partial charge is 0.335 e. The summed E-state index contributed by atoms with van der Waals surface area (Å²) in [6.07, 6.45) is 5.05. The highest BCUT2D eigenvalue weighted by Crippen LogP contribution is 2.16. The number of carbonyl (C=O) groups is 1. The van der Waals surface area contributed by atoms with Crippen LogP contribution < -0.4 is 0 Å². The molecule has 0 unspecified atom stereocenters. The Bertz CT molecular complexity index is 353. The van der Waals surface area contributed by atoms with Gasteiger partial charge in [-0.2, -0.15) is 0 Å². The average Bonchev–Trinajstić information content (AvgIpc) is 2.35. The van der Waals surface area contributed by atoms with Gasteiger partial charge in [0.2, 0.25) is 0 Å². The molecule has 0 radical (unpaired) electrons. The minimum Gasteiger partial charge on any atom is -0.478 e. The molecule has 0 aliphatic heterocycles. The summed E-state index contributed by atoms with van der Waals surface area (Å²) in [6.45, 7) is 8.72. The second kappa shape index (κ2) is 10.5. The van der Waals surface area contributed by atoms with E-state index in [-0.39, 0.29) is 0 Å². The molecule has 0 aliphatic carbocycles. The molecule has 0 aromatic rings. The summed E-state index contributed by atoms with van der Waals surface area (Å²) in [5.41, 5.74) is 1.79.